The number of hydrogen-bond acceptors (Lipinski definition) is 14. The summed E-state index contributed by atoms with van der Waals surface area (Å²) in [7, 11) is 0. The number of aliphatic hydroxyl groups excluding tert-OH is 5. The summed E-state index contributed by atoms with van der Waals surface area (Å²) in [5.74, 6) is -1.66. The topological polar surface area (TPSA) is 211 Å². The van der Waals surface area contributed by atoms with Gasteiger partial charge in [0, 0.05) is 19.1 Å². The van der Waals surface area contributed by atoms with E-state index in [1.807, 2.05) is 6.07 Å². The fourth-order valence-electron chi connectivity index (χ4n) is 5.35. The van der Waals surface area contributed by atoms with E-state index in [0.29, 0.717) is 0 Å². The van der Waals surface area contributed by atoms with Gasteiger partial charge in [-0.15, -0.1) is 0 Å². The van der Waals surface area contributed by atoms with Crippen molar-refractivity contribution in [3.05, 3.63) is 53.6 Å². The highest BCUT2D eigenvalue weighted by Crippen LogP contribution is 2.43. The Kier molecular flexibility index (Phi) is 9.20. The Bertz CT molecular complexity index is 1300. The molecule has 0 amide bonds. The quantitative estimate of drug-likeness (QED) is 0.224. The van der Waals surface area contributed by atoms with Crippen LogP contribution in [0.15, 0.2) is 42.5 Å². The highest BCUT2D eigenvalue weighted by Gasteiger charge is 2.52. The van der Waals surface area contributed by atoms with Crippen molar-refractivity contribution < 1.29 is 68.6 Å². The van der Waals surface area contributed by atoms with E-state index in [0.717, 1.165) is 18.6 Å². The summed E-state index contributed by atoms with van der Waals surface area (Å²) in [4.78, 5) is 24.6. The molecule has 0 bridgehead atoms. The molecule has 3 aliphatic heterocycles. The second kappa shape index (κ2) is 12.7. The molecule has 0 saturated carbocycles. The molecule has 0 spiro atoms. The summed E-state index contributed by atoms with van der Waals surface area (Å²) in [5, 5.41) is 62.8. The standard InChI is InChI=1S/C29H34O14/c1-12-22(34)24(36)26(39-13(2)31)28(38-12)43-27-25(37)23(35)20(11-30)42-29(27)40-15-8-16(32)21-17(33)10-18(41-19(21)9-15)14-6-4-3-5-7-14/h3-9,12,18,20,22-30,32,34-37H,10-11H2,1-2H3/t12-,18+,20-,22+,23-,24+,25+,26-,27-,28-,29+/m0/s1. The number of carbonyl (C=O) groups excluding carboxylic acids is 2. The van der Waals surface area contributed by atoms with Gasteiger partial charge >= 0.3 is 5.97 Å². The average molecular weight is 607 g/mol. The molecule has 234 valence electrons. The van der Waals surface area contributed by atoms with E-state index in [-0.39, 0.29) is 29.3 Å². The van der Waals surface area contributed by atoms with Crippen LogP contribution in [-0.2, 0) is 23.7 Å². The predicted molar refractivity (Wildman–Crippen MR) is 142 cm³/mol. The molecule has 0 radical (unpaired) electrons. The molecule has 5 rings (SSSR count). The van der Waals surface area contributed by atoms with Crippen molar-refractivity contribution >= 4 is 11.8 Å². The monoisotopic (exact) mass is 606 g/mol. The molecule has 0 aromatic heterocycles. The van der Waals surface area contributed by atoms with Crippen LogP contribution in [0, 0.1) is 0 Å². The zero-order chi connectivity index (χ0) is 31.0. The van der Waals surface area contributed by atoms with E-state index >= 15 is 0 Å². The summed E-state index contributed by atoms with van der Waals surface area (Å²) >= 11 is 0. The molecule has 3 heterocycles. The smallest absolute Gasteiger partial charge is 0.303 e. The van der Waals surface area contributed by atoms with Gasteiger partial charge in [-0.25, -0.2) is 0 Å². The molecule has 2 aromatic rings. The largest absolute Gasteiger partial charge is 0.507 e. The van der Waals surface area contributed by atoms with Crippen LogP contribution in [0.3, 0.4) is 0 Å². The van der Waals surface area contributed by atoms with E-state index in [9.17, 15) is 40.2 Å². The third kappa shape index (κ3) is 6.32. The van der Waals surface area contributed by atoms with Crippen LogP contribution in [0.1, 0.15) is 42.3 Å². The second-order valence-electron chi connectivity index (χ2n) is 10.7. The first-order chi connectivity index (χ1) is 20.5. The summed E-state index contributed by atoms with van der Waals surface area (Å²) in [6, 6.07) is 11.5. The van der Waals surface area contributed by atoms with Gasteiger partial charge < -0.3 is 59.1 Å². The number of phenolic OH excluding ortho intramolecular Hbond substituents is 1. The fourth-order valence-corrected chi connectivity index (χ4v) is 5.35. The lowest BCUT2D eigenvalue weighted by Crippen LogP contribution is -2.65. The lowest BCUT2D eigenvalue weighted by molar-refractivity contribution is -0.355. The SMILES string of the molecule is CC(=O)O[C@@H]1[C@H](O[C@@H]2[C@H](Oc3cc(O)c4c(c3)O[C@@H](c3ccccc3)CC4=O)O[C@@H](CO)[C@H](O)[C@H]2O)O[C@@H](C)[C@@H](O)[C@H]1O. The van der Waals surface area contributed by atoms with Crippen molar-refractivity contribution in [2.24, 2.45) is 0 Å². The summed E-state index contributed by atoms with van der Waals surface area (Å²) < 4.78 is 34.3. The van der Waals surface area contributed by atoms with Gasteiger partial charge in [0.05, 0.1) is 19.1 Å². The van der Waals surface area contributed by atoms with Gasteiger partial charge in [-0.2, -0.15) is 0 Å². The van der Waals surface area contributed by atoms with Crippen LogP contribution in [0.2, 0.25) is 0 Å². The number of aromatic hydroxyl groups is 1. The molecule has 3 aliphatic rings. The molecule has 2 aromatic carbocycles. The van der Waals surface area contributed by atoms with Gasteiger partial charge in [-0.05, 0) is 12.5 Å². The highest BCUT2D eigenvalue weighted by molar-refractivity contribution is 6.02. The minimum atomic E-state index is -1.76. The number of ether oxygens (including phenoxy) is 6. The fraction of sp³-hybridized carbons (Fsp3) is 0.517. The molecule has 2 fully saturated rings. The lowest BCUT2D eigenvalue weighted by Gasteiger charge is -2.46. The van der Waals surface area contributed by atoms with Crippen molar-refractivity contribution in [1.82, 2.24) is 0 Å². The third-order valence-electron chi connectivity index (χ3n) is 7.60. The molecule has 0 aliphatic carbocycles. The second-order valence-corrected chi connectivity index (χ2v) is 10.7. The van der Waals surface area contributed by atoms with Gasteiger partial charge in [-0.3, -0.25) is 9.59 Å². The van der Waals surface area contributed by atoms with Crippen molar-refractivity contribution in [2.75, 3.05) is 6.61 Å². The van der Waals surface area contributed by atoms with Gasteiger partial charge in [0.25, 0.3) is 0 Å². The van der Waals surface area contributed by atoms with Crippen LogP contribution < -0.4 is 9.47 Å². The molecule has 11 atom stereocenters. The van der Waals surface area contributed by atoms with Gasteiger partial charge in [0.1, 0.15) is 59.4 Å². The number of phenols is 1. The average Bonchev–Trinajstić information content (AvgIpc) is 2.97. The lowest BCUT2D eigenvalue weighted by atomic mass is 9.95. The van der Waals surface area contributed by atoms with Crippen molar-refractivity contribution in [3.63, 3.8) is 0 Å². The molecule has 6 N–H and O–H groups in total. The number of esters is 1. The molecule has 43 heavy (non-hydrogen) atoms. The number of carbonyl (C=O) groups is 2. The number of Topliss-reactive ketones (excluding diaryl/α,β-unsaturated/α-hetero) is 1. The van der Waals surface area contributed by atoms with Crippen molar-refractivity contribution in [2.45, 2.75) is 87.8 Å². The highest BCUT2D eigenvalue weighted by atomic mass is 16.8. The number of benzene rings is 2. The molecular formula is C29H34O14. The Balaban J connectivity index is 1.43. The van der Waals surface area contributed by atoms with Crippen LogP contribution in [0.25, 0.3) is 0 Å². The predicted octanol–water partition coefficient (Wildman–Crippen LogP) is -0.300. The zero-order valence-electron chi connectivity index (χ0n) is 23.3. The van der Waals surface area contributed by atoms with Gasteiger partial charge in [-0.1, -0.05) is 30.3 Å². The van der Waals surface area contributed by atoms with Crippen LogP contribution in [0.4, 0.5) is 0 Å². The maximum atomic E-state index is 12.9. The van der Waals surface area contributed by atoms with E-state index in [1.165, 1.54) is 13.0 Å². The number of rotatable bonds is 7. The van der Waals surface area contributed by atoms with E-state index in [2.05, 4.69) is 0 Å². The van der Waals surface area contributed by atoms with Crippen molar-refractivity contribution in [3.8, 4) is 17.2 Å². The first-order valence-corrected chi connectivity index (χ1v) is 13.7. The first kappa shape index (κ1) is 31.1. The van der Waals surface area contributed by atoms with Crippen LogP contribution in [-0.4, -0.2) is 110 Å². The van der Waals surface area contributed by atoms with Gasteiger partial charge in [0.2, 0.25) is 6.29 Å². The molecular weight excluding hydrogens is 572 g/mol. The normalized spacial score (nSPS) is 35.9. The van der Waals surface area contributed by atoms with E-state index in [1.54, 1.807) is 24.3 Å². The summed E-state index contributed by atoms with van der Waals surface area (Å²) in [6.45, 7) is 1.80. The summed E-state index contributed by atoms with van der Waals surface area (Å²) in [5.41, 5.74) is 0.706. The maximum Gasteiger partial charge on any atom is 0.303 e. The van der Waals surface area contributed by atoms with Gasteiger partial charge in [0.15, 0.2) is 24.3 Å². The molecule has 14 heteroatoms. The minimum absolute atomic E-state index is 0.00144. The number of fused-ring (bicyclic) bond motifs is 1. The Labute approximate surface area is 245 Å². The van der Waals surface area contributed by atoms with Crippen molar-refractivity contribution in [1.29, 1.82) is 0 Å². The molecule has 0 unspecified atom stereocenters. The van der Waals surface area contributed by atoms with E-state index in [4.69, 9.17) is 28.4 Å². The number of hydrogen-bond donors (Lipinski definition) is 6. The number of ketones is 1. The Morgan fingerprint density at radius 3 is 2.33 bits per heavy atom. The Hall–Kier alpha value is -3.34. The molecule has 2 saturated heterocycles. The van der Waals surface area contributed by atoms with Crippen LogP contribution >= 0.6 is 0 Å². The Morgan fingerprint density at radius 2 is 1.65 bits per heavy atom. The summed E-state index contributed by atoms with van der Waals surface area (Å²) in [6.07, 6.45) is -15.7. The van der Waals surface area contributed by atoms with E-state index < -0.39 is 85.8 Å². The molecule has 14 nitrogen and oxygen atoms in total. The third-order valence-corrected chi connectivity index (χ3v) is 7.60. The zero-order valence-corrected chi connectivity index (χ0v) is 23.3. The Morgan fingerprint density at radius 1 is 0.953 bits per heavy atom. The first-order valence-electron chi connectivity index (χ1n) is 13.7. The minimum Gasteiger partial charge on any atom is -0.507 e. The van der Waals surface area contributed by atoms with Crippen LogP contribution in [0.5, 0.6) is 17.2 Å². The number of aliphatic hydroxyl groups is 5. The maximum absolute atomic E-state index is 12.9.